The minimum Gasteiger partial charge on any atom is -0.285 e. The van der Waals surface area contributed by atoms with E-state index in [2.05, 4.69) is 26.3 Å². The number of carbonyl (C=O) groups excluding carboxylic acids is 1. The third-order valence-corrected chi connectivity index (χ3v) is 1.75. The molecule has 1 aromatic rings. The second-order valence-electron chi connectivity index (χ2n) is 2.70. The van der Waals surface area contributed by atoms with Gasteiger partial charge in [-0.1, -0.05) is 0 Å². The third-order valence-electron chi connectivity index (χ3n) is 1.31. The molecule has 0 aliphatic rings. The summed E-state index contributed by atoms with van der Waals surface area (Å²) < 4.78 is 0.652. The van der Waals surface area contributed by atoms with Gasteiger partial charge in [-0.2, -0.15) is 0 Å². The first kappa shape index (κ1) is 10.1. The molecule has 1 rings (SSSR count). The molecule has 0 atom stereocenters. The quantitative estimate of drug-likeness (QED) is 0.624. The Bertz CT molecular complexity index is 314. The molecule has 0 fully saturated rings. The van der Waals surface area contributed by atoms with Crippen molar-refractivity contribution in [2.75, 3.05) is 14.1 Å². The Morgan fingerprint density at radius 1 is 1.62 bits per heavy atom. The fourth-order valence-electron chi connectivity index (χ4n) is 0.811. The summed E-state index contributed by atoms with van der Waals surface area (Å²) >= 11 is 3.19. The Labute approximate surface area is 85.1 Å². The Morgan fingerprint density at radius 2 is 2.31 bits per heavy atom. The number of nitrogens with one attached hydrogen (secondary N) is 1. The molecule has 0 aromatic carbocycles. The van der Waals surface area contributed by atoms with Gasteiger partial charge in [-0.15, -0.1) is 0 Å². The van der Waals surface area contributed by atoms with Crippen molar-refractivity contribution in [3.05, 3.63) is 28.5 Å². The Morgan fingerprint density at radius 3 is 2.85 bits per heavy atom. The van der Waals surface area contributed by atoms with Crippen LogP contribution in [0, 0.1) is 0 Å². The van der Waals surface area contributed by atoms with E-state index in [1.807, 2.05) is 0 Å². The molecule has 1 heterocycles. The molecule has 0 aliphatic carbocycles. The standard InChI is InChI=1S/C8H10BrN3O/c1-12(2)11-8(13)6-3-4-10-7(9)5-6/h3-5H,1-2H3,(H,11,13). The van der Waals surface area contributed by atoms with Crippen LogP contribution in [0.3, 0.4) is 0 Å². The van der Waals surface area contributed by atoms with Crippen molar-refractivity contribution in [2.45, 2.75) is 0 Å². The fourth-order valence-corrected chi connectivity index (χ4v) is 1.18. The average Bonchev–Trinajstić information content (AvgIpc) is 2.03. The van der Waals surface area contributed by atoms with Crippen molar-refractivity contribution in [1.29, 1.82) is 0 Å². The number of hydrogen-bond acceptors (Lipinski definition) is 3. The van der Waals surface area contributed by atoms with Crippen molar-refractivity contribution in [1.82, 2.24) is 15.4 Å². The zero-order valence-electron chi connectivity index (χ0n) is 7.41. The lowest BCUT2D eigenvalue weighted by atomic mass is 10.3. The molecule has 1 amide bonds. The van der Waals surface area contributed by atoms with Gasteiger partial charge in [0, 0.05) is 25.9 Å². The van der Waals surface area contributed by atoms with Gasteiger partial charge in [0.05, 0.1) is 0 Å². The van der Waals surface area contributed by atoms with Gasteiger partial charge >= 0.3 is 0 Å². The predicted octanol–water partition coefficient (Wildman–Crippen LogP) is 1.05. The van der Waals surface area contributed by atoms with Crippen LogP contribution in [0.2, 0.25) is 0 Å². The van der Waals surface area contributed by atoms with Gasteiger partial charge in [0.25, 0.3) is 5.91 Å². The molecule has 0 bridgehead atoms. The topological polar surface area (TPSA) is 45.2 Å². The second kappa shape index (κ2) is 4.34. The highest BCUT2D eigenvalue weighted by atomic mass is 79.9. The average molecular weight is 244 g/mol. The van der Waals surface area contributed by atoms with E-state index < -0.39 is 0 Å². The number of rotatable bonds is 2. The lowest BCUT2D eigenvalue weighted by Gasteiger charge is -2.11. The van der Waals surface area contributed by atoms with Gasteiger partial charge in [0.15, 0.2) is 0 Å². The molecule has 0 unspecified atom stereocenters. The van der Waals surface area contributed by atoms with Crippen molar-refractivity contribution in [3.63, 3.8) is 0 Å². The number of pyridine rings is 1. The van der Waals surface area contributed by atoms with Crippen LogP contribution < -0.4 is 5.43 Å². The second-order valence-corrected chi connectivity index (χ2v) is 3.52. The summed E-state index contributed by atoms with van der Waals surface area (Å²) in [5.41, 5.74) is 3.21. The molecule has 5 heteroatoms. The maximum Gasteiger partial charge on any atom is 0.265 e. The number of carbonyl (C=O) groups is 1. The van der Waals surface area contributed by atoms with E-state index in [0.717, 1.165) is 0 Å². The maximum atomic E-state index is 11.4. The van der Waals surface area contributed by atoms with E-state index in [9.17, 15) is 4.79 Å². The van der Waals surface area contributed by atoms with Crippen molar-refractivity contribution in [3.8, 4) is 0 Å². The van der Waals surface area contributed by atoms with Crippen molar-refractivity contribution in [2.24, 2.45) is 0 Å². The van der Waals surface area contributed by atoms with E-state index >= 15 is 0 Å². The highest BCUT2D eigenvalue weighted by Gasteiger charge is 2.05. The van der Waals surface area contributed by atoms with Crippen LogP contribution in [-0.2, 0) is 0 Å². The zero-order chi connectivity index (χ0) is 9.84. The highest BCUT2D eigenvalue weighted by molar-refractivity contribution is 9.10. The first-order valence-electron chi connectivity index (χ1n) is 3.69. The van der Waals surface area contributed by atoms with E-state index in [1.165, 1.54) is 0 Å². The summed E-state index contributed by atoms with van der Waals surface area (Å²) in [7, 11) is 3.52. The number of aromatic nitrogens is 1. The SMILES string of the molecule is CN(C)NC(=O)c1ccnc(Br)c1. The molecule has 13 heavy (non-hydrogen) atoms. The van der Waals surface area contributed by atoms with Crippen molar-refractivity contribution >= 4 is 21.8 Å². The molecule has 0 radical (unpaired) electrons. The van der Waals surface area contributed by atoms with E-state index in [4.69, 9.17) is 0 Å². The molecule has 0 saturated heterocycles. The molecule has 70 valence electrons. The molecule has 0 spiro atoms. The summed E-state index contributed by atoms with van der Waals surface area (Å²) in [5, 5.41) is 1.59. The number of hydrogen-bond donors (Lipinski definition) is 1. The van der Waals surface area contributed by atoms with Gasteiger partial charge in [-0.05, 0) is 28.1 Å². The number of hydrazine groups is 1. The number of nitrogens with zero attached hydrogens (tertiary/aromatic N) is 2. The normalized spacial score (nSPS) is 10.2. The summed E-state index contributed by atoms with van der Waals surface area (Å²) in [6, 6.07) is 3.32. The van der Waals surface area contributed by atoms with Gasteiger partial charge in [-0.25, -0.2) is 9.99 Å². The molecule has 4 nitrogen and oxygen atoms in total. The zero-order valence-corrected chi connectivity index (χ0v) is 9.00. The molecule has 0 saturated carbocycles. The largest absolute Gasteiger partial charge is 0.285 e. The Kier molecular flexibility index (Phi) is 3.39. The Balaban J connectivity index is 2.77. The summed E-state index contributed by atoms with van der Waals surface area (Å²) in [5.74, 6) is -0.145. The predicted molar refractivity (Wildman–Crippen MR) is 53.1 cm³/mol. The molecular formula is C8H10BrN3O. The monoisotopic (exact) mass is 243 g/mol. The van der Waals surface area contributed by atoms with Crippen LogP contribution in [0.5, 0.6) is 0 Å². The van der Waals surface area contributed by atoms with Crippen LogP contribution in [0.4, 0.5) is 0 Å². The van der Waals surface area contributed by atoms with Crippen LogP contribution in [-0.4, -0.2) is 30.0 Å². The molecule has 1 N–H and O–H groups in total. The lowest BCUT2D eigenvalue weighted by molar-refractivity contribution is 0.0856. The highest BCUT2D eigenvalue weighted by Crippen LogP contribution is 2.07. The molecule has 1 aromatic heterocycles. The van der Waals surface area contributed by atoms with Gasteiger partial charge in [0.2, 0.25) is 0 Å². The third kappa shape index (κ3) is 3.12. The number of halogens is 1. The van der Waals surface area contributed by atoms with Crippen LogP contribution in [0.25, 0.3) is 0 Å². The first-order chi connectivity index (χ1) is 6.09. The van der Waals surface area contributed by atoms with E-state index in [-0.39, 0.29) is 5.91 Å². The minimum absolute atomic E-state index is 0.145. The lowest BCUT2D eigenvalue weighted by Crippen LogP contribution is -2.36. The maximum absolute atomic E-state index is 11.4. The summed E-state index contributed by atoms with van der Waals surface area (Å²) in [4.78, 5) is 15.3. The van der Waals surface area contributed by atoms with Gasteiger partial charge in [-0.3, -0.25) is 10.2 Å². The summed E-state index contributed by atoms with van der Waals surface area (Å²) in [6.45, 7) is 0. The van der Waals surface area contributed by atoms with Crippen LogP contribution in [0.15, 0.2) is 22.9 Å². The smallest absolute Gasteiger partial charge is 0.265 e. The van der Waals surface area contributed by atoms with E-state index in [1.54, 1.807) is 37.4 Å². The van der Waals surface area contributed by atoms with E-state index in [0.29, 0.717) is 10.2 Å². The summed E-state index contributed by atoms with van der Waals surface area (Å²) in [6.07, 6.45) is 1.58. The first-order valence-corrected chi connectivity index (χ1v) is 4.49. The fraction of sp³-hybridized carbons (Fsp3) is 0.250. The van der Waals surface area contributed by atoms with Crippen LogP contribution in [0.1, 0.15) is 10.4 Å². The van der Waals surface area contributed by atoms with Crippen molar-refractivity contribution < 1.29 is 4.79 Å². The molecular weight excluding hydrogens is 234 g/mol. The minimum atomic E-state index is -0.145. The molecule has 0 aliphatic heterocycles. The van der Waals surface area contributed by atoms with Crippen LogP contribution >= 0.6 is 15.9 Å². The number of amides is 1. The Hall–Kier alpha value is -0.940. The van der Waals surface area contributed by atoms with Gasteiger partial charge < -0.3 is 0 Å². The van der Waals surface area contributed by atoms with Gasteiger partial charge in [0.1, 0.15) is 4.60 Å².